The van der Waals surface area contributed by atoms with Gasteiger partial charge in [0, 0.05) is 49.7 Å². The van der Waals surface area contributed by atoms with Gasteiger partial charge in [0.05, 0.1) is 27.6 Å². The average Bonchev–Trinajstić information content (AvgIpc) is 3.48. The van der Waals surface area contributed by atoms with Crippen molar-refractivity contribution >= 4 is 27.5 Å². The normalized spacial score (nSPS) is 24.7. The molecule has 0 unspecified atom stereocenters. The number of piperazine rings is 1. The Kier molecular flexibility index (Phi) is 7.73. The Morgan fingerprint density at radius 1 is 1.00 bits per heavy atom. The highest BCUT2D eigenvalue weighted by molar-refractivity contribution is 7.91. The number of urea groups is 1. The minimum atomic E-state index is -3.49. The Bertz CT molecular complexity index is 1550. The fourth-order valence-corrected chi connectivity index (χ4v) is 9.94. The Balaban J connectivity index is 1.25. The number of nitrogens with one attached hydrogen (secondary N) is 2. The number of halogens is 1. The van der Waals surface area contributed by atoms with Crippen LogP contribution in [0, 0.1) is 11.2 Å². The first-order valence-electron chi connectivity index (χ1n) is 15.5. The van der Waals surface area contributed by atoms with E-state index in [2.05, 4.69) is 22.6 Å². The van der Waals surface area contributed by atoms with Gasteiger partial charge in [-0.15, -0.1) is 0 Å². The lowest BCUT2D eigenvalue weighted by molar-refractivity contribution is 0.0997. The van der Waals surface area contributed by atoms with Crippen LogP contribution in [-0.4, -0.2) is 85.8 Å². The third-order valence-electron chi connectivity index (χ3n) is 9.59. The van der Waals surface area contributed by atoms with E-state index >= 15 is 4.39 Å². The minimum absolute atomic E-state index is 0.0249. The van der Waals surface area contributed by atoms with Crippen LogP contribution in [-0.2, 0) is 29.1 Å². The Morgan fingerprint density at radius 2 is 1.67 bits per heavy atom. The molecule has 4 aliphatic rings. The number of anilines is 1. The summed E-state index contributed by atoms with van der Waals surface area (Å²) in [5.74, 6) is -1.50. The summed E-state index contributed by atoms with van der Waals surface area (Å²) in [5.41, 5.74) is 8.31. The van der Waals surface area contributed by atoms with Gasteiger partial charge in [-0.2, -0.15) is 0 Å². The number of aromatic nitrogens is 1. The fraction of sp³-hybridized carbons (Fsp3) is 0.613. The topological polar surface area (TPSA) is 130 Å². The molecule has 1 aromatic heterocycles. The third-order valence-corrected chi connectivity index (χ3v) is 11.9. The number of nitrogens with two attached hydrogens (primary N) is 1. The molecule has 1 saturated carbocycles. The first kappa shape index (κ1) is 29.9. The number of carbonyl (C=O) groups excluding carboxylic acids is 2. The maximum absolute atomic E-state index is 15.7. The van der Waals surface area contributed by atoms with Crippen LogP contribution in [0.2, 0.25) is 0 Å². The molecule has 0 radical (unpaired) electrons. The molecule has 10 nitrogen and oxygen atoms in total. The molecule has 234 valence electrons. The quantitative estimate of drug-likeness (QED) is 0.474. The zero-order valence-electron chi connectivity index (χ0n) is 25.3. The fourth-order valence-electron chi connectivity index (χ4n) is 7.55. The molecule has 0 atom stereocenters. The molecular formula is C31H43FN6O4S. The van der Waals surface area contributed by atoms with Gasteiger partial charge in [0.15, 0.2) is 9.84 Å². The lowest BCUT2D eigenvalue weighted by Crippen LogP contribution is -2.53. The average molecular weight is 615 g/mol. The van der Waals surface area contributed by atoms with Crippen LogP contribution in [0.25, 0.3) is 5.69 Å². The van der Waals surface area contributed by atoms with Crippen LogP contribution in [0.4, 0.5) is 14.9 Å². The molecule has 1 aromatic carbocycles. The SMILES string of the molecule is CN1CCN(C(=O)N[C@H]2CC[C@H](Nc3cc(-n4c5c(c6c4CC(C)(C)CS6(=O)=O)CCC5)cc(F)c3C(N)=O)CC2)CC1. The molecule has 43 heavy (non-hydrogen) atoms. The number of benzene rings is 1. The van der Waals surface area contributed by atoms with Crippen molar-refractivity contribution in [3.63, 3.8) is 0 Å². The van der Waals surface area contributed by atoms with Gasteiger partial charge in [-0.3, -0.25) is 4.79 Å². The molecule has 12 heteroatoms. The van der Waals surface area contributed by atoms with Crippen LogP contribution >= 0.6 is 0 Å². The molecule has 0 bridgehead atoms. The van der Waals surface area contributed by atoms with Crippen LogP contribution < -0.4 is 16.4 Å². The summed E-state index contributed by atoms with van der Waals surface area (Å²) in [4.78, 5) is 29.7. The maximum Gasteiger partial charge on any atom is 0.317 e. The van der Waals surface area contributed by atoms with Crippen LogP contribution in [0.3, 0.4) is 0 Å². The number of amides is 3. The minimum Gasteiger partial charge on any atom is -0.382 e. The van der Waals surface area contributed by atoms with Crippen LogP contribution in [0.1, 0.15) is 73.3 Å². The lowest BCUT2D eigenvalue weighted by atomic mass is 9.89. The van der Waals surface area contributed by atoms with E-state index in [-0.39, 0.29) is 29.4 Å². The van der Waals surface area contributed by atoms with E-state index < -0.39 is 27.0 Å². The lowest BCUT2D eigenvalue weighted by Gasteiger charge is -2.35. The molecule has 0 spiro atoms. The number of carbonyl (C=O) groups is 2. The second-order valence-electron chi connectivity index (χ2n) is 13.6. The smallest absolute Gasteiger partial charge is 0.317 e. The summed E-state index contributed by atoms with van der Waals surface area (Å²) < 4.78 is 44.5. The van der Waals surface area contributed by atoms with Crippen molar-refractivity contribution in [2.45, 2.75) is 82.2 Å². The summed E-state index contributed by atoms with van der Waals surface area (Å²) in [6, 6.07) is 3.06. The van der Waals surface area contributed by atoms with Gasteiger partial charge in [-0.25, -0.2) is 17.6 Å². The van der Waals surface area contributed by atoms with Crippen molar-refractivity contribution < 1.29 is 22.4 Å². The number of hydrogen-bond donors (Lipinski definition) is 3. The van der Waals surface area contributed by atoms with Gasteiger partial charge in [0.25, 0.3) is 5.91 Å². The number of hydrogen-bond acceptors (Lipinski definition) is 6. The van der Waals surface area contributed by atoms with Crippen LogP contribution in [0.15, 0.2) is 17.0 Å². The van der Waals surface area contributed by atoms with Crippen molar-refractivity contribution in [2.75, 3.05) is 44.3 Å². The second kappa shape index (κ2) is 11.1. The van der Waals surface area contributed by atoms with E-state index in [0.29, 0.717) is 54.3 Å². The predicted octanol–water partition coefficient (Wildman–Crippen LogP) is 3.24. The summed E-state index contributed by atoms with van der Waals surface area (Å²) >= 11 is 0. The van der Waals surface area contributed by atoms with E-state index in [0.717, 1.165) is 56.5 Å². The van der Waals surface area contributed by atoms with Gasteiger partial charge in [-0.05, 0) is 81.5 Å². The van der Waals surface area contributed by atoms with E-state index in [1.807, 2.05) is 23.3 Å². The van der Waals surface area contributed by atoms with Crippen molar-refractivity contribution in [3.8, 4) is 5.69 Å². The van der Waals surface area contributed by atoms with Crippen molar-refractivity contribution in [3.05, 3.63) is 40.5 Å². The monoisotopic (exact) mass is 614 g/mol. The maximum atomic E-state index is 15.7. The molecule has 2 fully saturated rings. The summed E-state index contributed by atoms with van der Waals surface area (Å²) in [6.07, 6.45) is 5.79. The van der Waals surface area contributed by atoms with Gasteiger partial charge in [0.1, 0.15) is 5.82 Å². The first-order chi connectivity index (χ1) is 20.3. The number of nitrogens with zero attached hydrogens (tertiary/aromatic N) is 3. The van der Waals surface area contributed by atoms with E-state index in [1.54, 1.807) is 6.07 Å². The number of primary amides is 1. The molecule has 3 amide bonds. The molecule has 2 aromatic rings. The van der Waals surface area contributed by atoms with Gasteiger partial charge in [-0.1, -0.05) is 13.8 Å². The van der Waals surface area contributed by atoms with Gasteiger partial charge in [0.2, 0.25) is 0 Å². The number of fused-ring (bicyclic) bond motifs is 3. The van der Waals surface area contributed by atoms with Crippen molar-refractivity contribution in [2.24, 2.45) is 11.1 Å². The standard InChI is InChI=1S/C31H43FN6O4S/c1-31(2)17-26-28(43(41,42)18-31)22-5-4-6-25(22)38(26)21-15-23(32)27(29(33)39)24(16-21)34-19-7-9-20(10-8-19)35-30(40)37-13-11-36(3)12-14-37/h15-16,19-20,34H,4-14,17-18H2,1-3H3,(H2,33,39)(H,35,40)/t19-,20-. The molecule has 1 saturated heterocycles. The van der Waals surface area contributed by atoms with E-state index in [9.17, 15) is 18.0 Å². The summed E-state index contributed by atoms with van der Waals surface area (Å²) in [5, 5.41) is 6.57. The summed E-state index contributed by atoms with van der Waals surface area (Å²) in [6.45, 7) is 7.06. The van der Waals surface area contributed by atoms with E-state index in [4.69, 9.17) is 5.73 Å². The molecule has 3 heterocycles. The Labute approximate surface area is 253 Å². The van der Waals surface area contributed by atoms with Crippen molar-refractivity contribution in [1.29, 1.82) is 0 Å². The second-order valence-corrected chi connectivity index (χ2v) is 15.6. The molecular weight excluding hydrogens is 571 g/mol. The Morgan fingerprint density at radius 3 is 2.35 bits per heavy atom. The van der Waals surface area contributed by atoms with Crippen LogP contribution in [0.5, 0.6) is 0 Å². The predicted molar refractivity (Wildman–Crippen MR) is 163 cm³/mol. The van der Waals surface area contributed by atoms with Gasteiger partial charge >= 0.3 is 6.03 Å². The molecule has 2 aliphatic carbocycles. The van der Waals surface area contributed by atoms with E-state index in [1.165, 1.54) is 6.07 Å². The highest BCUT2D eigenvalue weighted by Crippen LogP contribution is 2.45. The largest absolute Gasteiger partial charge is 0.382 e. The number of likely N-dealkylation sites (N-methyl/N-ethyl adjacent to an activating group) is 1. The number of sulfone groups is 1. The zero-order valence-corrected chi connectivity index (χ0v) is 26.2. The molecule has 4 N–H and O–H groups in total. The highest BCUT2D eigenvalue weighted by atomic mass is 32.2. The molecule has 2 aliphatic heterocycles. The number of rotatable bonds is 5. The first-order valence-corrected chi connectivity index (χ1v) is 17.1. The van der Waals surface area contributed by atoms with Gasteiger partial charge < -0.3 is 30.7 Å². The zero-order chi connectivity index (χ0) is 30.7. The molecule has 6 rings (SSSR count). The summed E-state index contributed by atoms with van der Waals surface area (Å²) in [7, 11) is -1.44. The highest BCUT2D eigenvalue weighted by Gasteiger charge is 2.42. The van der Waals surface area contributed by atoms with Crippen molar-refractivity contribution in [1.82, 2.24) is 19.7 Å². The third kappa shape index (κ3) is 5.75. The Hall–Kier alpha value is -3.12.